The zero-order valence-electron chi connectivity index (χ0n) is 16.8. The molecule has 1 aliphatic heterocycles. The number of ether oxygens (including phenoxy) is 1. The summed E-state index contributed by atoms with van der Waals surface area (Å²) in [6.45, 7) is 1.97. The van der Waals surface area contributed by atoms with Gasteiger partial charge in [0.05, 0.1) is 30.2 Å². The SMILES string of the molecule is COc1ccc(Cl)cc1C(=O)N1CCN(c2cnn(-c3ccccc3)c(=O)c2Cl)CC1. The van der Waals surface area contributed by atoms with Crippen molar-refractivity contribution in [2.75, 3.05) is 38.2 Å². The molecule has 4 rings (SSSR count). The molecule has 1 aliphatic rings. The molecule has 1 amide bonds. The van der Waals surface area contributed by atoms with Gasteiger partial charge in [0.25, 0.3) is 11.5 Å². The van der Waals surface area contributed by atoms with Gasteiger partial charge in [-0.15, -0.1) is 0 Å². The van der Waals surface area contributed by atoms with Gasteiger partial charge in [-0.2, -0.15) is 9.78 Å². The summed E-state index contributed by atoms with van der Waals surface area (Å²) in [5.74, 6) is 0.330. The Labute approximate surface area is 189 Å². The lowest BCUT2D eigenvalue weighted by Gasteiger charge is -2.36. The summed E-state index contributed by atoms with van der Waals surface area (Å²) in [5, 5.41) is 4.86. The Kier molecular flexibility index (Phi) is 6.15. The van der Waals surface area contributed by atoms with Crippen LogP contribution in [0, 0.1) is 0 Å². The first-order valence-electron chi connectivity index (χ1n) is 9.70. The van der Waals surface area contributed by atoms with E-state index in [0.29, 0.717) is 53.9 Å². The number of hydrogen-bond donors (Lipinski definition) is 0. The fourth-order valence-corrected chi connectivity index (χ4v) is 3.99. The van der Waals surface area contributed by atoms with E-state index < -0.39 is 0 Å². The molecular formula is C22H20Cl2N4O3. The molecular weight excluding hydrogens is 439 g/mol. The molecule has 0 radical (unpaired) electrons. The van der Waals surface area contributed by atoms with E-state index >= 15 is 0 Å². The number of amides is 1. The zero-order valence-corrected chi connectivity index (χ0v) is 18.3. The van der Waals surface area contributed by atoms with Crippen LogP contribution in [0.4, 0.5) is 5.69 Å². The largest absolute Gasteiger partial charge is 0.496 e. The molecule has 31 heavy (non-hydrogen) atoms. The molecule has 0 unspecified atom stereocenters. The van der Waals surface area contributed by atoms with Crippen molar-refractivity contribution in [3.05, 3.63) is 80.7 Å². The van der Waals surface area contributed by atoms with E-state index in [4.69, 9.17) is 27.9 Å². The van der Waals surface area contributed by atoms with Gasteiger partial charge in [-0.1, -0.05) is 41.4 Å². The minimum Gasteiger partial charge on any atom is -0.496 e. The Bertz CT molecular complexity index is 1160. The number of halogens is 2. The minimum absolute atomic E-state index is 0.107. The number of para-hydroxylation sites is 1. The molecule has 2 aromatic carbocycles. The highest BCUT2D eigenvalue weighted by Crippen LogP contribution is 2.26. The third-order valence-electron chi connectivity index (χ3n) is 5.20. The first-order chi connectivity index (χ1) is 15.0. The Morgan fingerprint density at radius 1 is 1.03 bits per heavy atom. The third kappa shape index (κ3) is 4.24. The fourth-order valence-electron chi connectivity index (χ4n) is 3.57. The van der Waals surface area contributed by atoms with Crippen LogP contribution in [0.3, 0.4) is 0 Å². The van der Waals surface area contributed by atoms with Crippen LogP contribution in [-0.4, -0.2) is 53.9 Å². The quantitative estimate of drug-likeness (QED) is 0.598. The van der Waals surface area contributed by atoms with Crippen molar-refractivity contribution in [3.8, 4) is 11.4 Å². The Morgan fingerprint density at radius 3 is 2.42 bits per heavy atom. The van der Waals surface area contributed by atoms with Crippen LogP contribution in [0.1, 0.15) is 10.4 Å². The summed E-state index contributed by atoms with van der Waals surface area (Å²) in [7, 11) is 1.52. The van der Waals surface area contributed by atoms with Crippen LogP contribution >= 0.6 is 23.2 Å². The van der Waals surface area contributed by atoms with Gasteiger partial charge in [-0.05, 0) is 30.3 Å². The minimum atomic E-state index is -0.382. The molecule has 2 heterocycles. The maximum Gasteiger partial charge on any atom is 0.292 e. The van der Waals surface area contributed by atoms with Crippen molar-refractivity contribution >= 4 is 34.8 Å². The Hall–Kier alpha value is -3.03. The number of methoxy groups -OCH3 is 1. The van der Waals surface area contributed by atoms with Crippen LogP contribution < -0.4 is 15.2 Å². The van der Waals surface area contributed by atoms with Gasteiger partial charge >= 0.3 is 0 Å². The van der Waals surface area contributed by atoms with Crippen LogP contribution in [0.2, 0.25) is 10.0 Å². The highest BCUT2D eigenvalue weighted by Gasteiger charge is 2.26. The molecule has 0 saturated carbocycles. The first kappa shape index (κ1) is 21.2. The monoisotopic (exact) mass is 458 g/mol. The van der Waals surface area contributed by atoms with Crippen molar-refractivity contribution in [2.45, 2.75) is 0 Å². The molecule has 0 atom stereocenters. The normalized spacial score (nSPS) is 13.9. The van der Waals surface area contributed by atoms with E-state index in [0.717, 1.165) is 0 Å². The van der Waals surface area contributed by atoms with Crippen molar-refractivity contribution in [1.82, 2.24) is 14.7 Å². The van der Waals surface area contributed by atoms with Crippen molar-refractivity contribution in [2.24, 2.45) is 0 Å². The molecule has 9 heteroatoms. The van der Waals surface area contributed by atoms with Crippen LogP contribution in [-0.2, 0) is 0 Å². The van der Waals surface area contributed by atoms with E-state index in [9.17, 15) is 9.59 Å². The van der Waals surface area contributed by atoms with Crippen LogP contribution in [0.25, 0.3) is 5.69 Å². The van der Waals surface area contributed by atoms with Gasteiger partial charge < -0.3 is 14.5 Å². The second-order valence-electron chi connectivity index (χ2n) is 7.02. The lowest BCUT2D eigenvalue weighted by molar-refractivity contribution is 0.0743. The van der Waals surface area contributed by atoms with Gasteiger partial charge in [0, 0.05) is 31.2 Å². The number of benzene rings is 2. The predicted molar refractivity (Wildman–Crippen MR) is 121 cm³/mol. The standard InChI is InChI=1S/C22H20Cl2N4O3/c1-31-19-8-7-15(23)13-17(19)21(29)27-11-9-26(10-12-27)18-14-25-28(22(30)20(18)24)16-5-3-2-4-6-16/h2-8,13-14H,9-12H2,1H3. The maximum absolute atomic E-state index is 13.0. The molecule has 1 saturated heterocycles. The van der Waals surface area contributed by atoms with E-state index in [-0.39, 0.29) is 16.5 Å². The highest BCUT2D eigenvalue weighted by molar-refractivity contribution is 6.33. The van der Waals surface area contributed by atoms with Crippen LogP contribution in [0.5, 0.6) is 5.75 Å². The number of aromatic nitrogens is 2. The molecule has 1 aromatic heterocycles. The van der Waals surface area contributed by atoms with Crippen molar-refractivity contribution in [3.63, 3.8) is 0 Å². The Morgan fingerprint density at radius 2 is 1.74 bits per heavy atom. The number of nitrogens with zero attached hydrogens (tertiary/aromatic N) is 4. The Balaban J connectivity index is 1.51. The van der Waals surface area contributed by atoms with Crippen LogP contribution in [0.15, 0.2) is 59.5 Å². The van der Waals surface area contributed by atoms with Crippen molar-refractivity contribution < 1.29 is 9.53 Å². The molecule has 160 valence electrons. The number of carbonyl (C=O) groups is 1. The molecule has 0 aliphatic carbocycles. The summed E-state index contributed by atoms with van der Waals surface area (Å²) in [5.41, 5.74) is 1.25. The second kappa shape index (κ2) is 8.99. The first-order valence-corrected chi connectivity index (χ1v) is 10.5. The van der Waals surface area contributed by atoms with E-state index in [1.807, 2.05) is 23.1 Å². The number of hydrogen-bond acceptors (Lipinski definition) is 5. The number of rotatable bonds is 4. The van der Waals surface area contributed by atoms with Gasteiger partial charge in [0.2, 0.25) is 0 Å². The lowest BCUT2D eigenvalue weighted by atomic mass is 10.1. The molecule has 0 N–H and O–H groups in total. The number of carbonyl (C=O) groups excluding carboxylic acids is 1. The van der Waals surface area contributed by atoms with E-state index in [1.54, 1.807) is 41.4 Å². The number of anilines is 1. The van der Waals surface area contributed by atoms with Crippen molar-refractivity contribution in [1.29, 1.82) is 0 Å². The molecule has 0 bridgehead atoms. The fraction of sp³-hybridized carbons (Fsp3) is 0.227. The number of piperazine rings is 1. The van der Waals surface area contributed by atoms with Gasteiger partial charge in [-0.25, -0.2) is 0 Å². The zero-order chi connectivity index (χ0) is 22.0. The summed E-state index contributed by atoms with van der Waals surface area (Å²) in [6, 6.07) is 14.1. The summed E-state index contributed by atoms with van der Waals surface area (Å²) < 4.78 is 6.57. The average Bonchev–Trinajstić information content (AvgIpc) is 2.81. The van der Waals surface area contributed by atoms with E-state index in [2.05, 4.69) is 5.10 Å². The molecule has 7 nitrogen and oxygen atoms in total. The van der Waals surface area contributed by atoms with Gasteiger partial charge in [0.1, 0.15) is 10.8 Å². The molecule has 3 aromatic rings. The topological polar surface area (TPSA) is 67.7 Å². The molecule has 0 spiro atoms. The second-order valence-corrected chi connectivity index (χ2v) is 7.83. The predicted octanol–water partition coefficient (Wildman–Crippen LogP) is 3.51. The smallest absolute Gasteiger partial charge is 0.292 e. The van der Waals surface area contributed by atoms with Gasteiger partial charge in [-0.3, -0.25) is 9.59 Å². The maximum atomic E-state index is 13.0. The molecule has 1 fully saturated rings. The van der Waals surface area contributed by atoms with Gasteiger partial charge in [0.15, 0.2) is 0 Å². The summed E-state index contributed by atoms with van der Waals surface area (Å²) in [6.07, 6.45) is 1.59. The lowest BCUT2D eigenvalue weighted by Crippen LogP contribution is -2.49. The highest BCUT2D eigenvalue weighted by atomic mass is 35.5. The summed E-state index contributed by atoms with van der Waals surface area (Å²) >= 11 is 12.5. The summed E-state index contributed by atoms with van der Waals surface area (Å²) in [4.78, 5) is 29.4. The average molecular weight is 459 g/mol. The van der Waals surface area contributed by atoms with E-state index in [1.165, 1.54) is 11.8 Å². The third-order valence-corrected chi connectivity index (χ3v) is 5.79.